The fourth-order valence-electron chi connectivity index (χ4n) is 6.61. The second-order valence-corrected chi connectivity index (χ2v) is 16.9. The van der Waals surface area contributed by atoms with Gasteiger partial charge >= 0.3 is 37.9 Å². The molecule has 8 rings (SSSR count). The number of benzene rings is 6. The summed E-state index contributed by atoms with van der Waals surface area (Å²) in [5, 5.41) is 10.7. The van der Waals surface area contributed by atoms with E-state index in [-0.39, 0.29) is 0 Å². The van der Waals surface area contributed by atoms with Crippen molar-refractivity contribution >= 4 is 69.6 Å². The second-order valence-electron chi connectivity index (χ2n) is 12.2. The summed E-state index contributed by atoms with van der Waals surface area (Å²) in [5.74, 6) is 0. The first-order valence-electron chi connectivity index (χ1n) is 16.2. The van der Waals surface area contributed by atoms with Crippen molar-refractivity contribution in [2.45, 2.75) is 40.8 Å². The summed E-state index contributed by atoms with van der Waals surface area (Å²) < 4.78 is 0. The number of hydrogen-bond acceptors (Lipinski definition) is 0. The van der Waals surface area contributed by atoms with E-state index in [1.165, 1.54) is 87.6 Å². The van der Waals surface area contributed by atoms with Crippen LogP contribution in [0.4, 0.5) is 0 Å². The van der Waals surface area contributed by atoms with Gasteiger partial charge in [-0.2, -0.15) is 12.1 Å². The summed E-state index contributed by atoms with van der Waals surface area (Å²) in [6.07, 6.45) is 0. The van der Waals surface area contributed by atoms with Gasteiger partial charge in [0.2, 0.25) is 0 Å². The van der Waals surface area contributed by atoms with Crippen molar-refractivity contribution in [3.8, 4) is 22.3 Å². The quantitative estimate of drug-likeness (QED) is 0.122. The molecule has 0 amide bonds. The molecule has 0 aromatic heterocycles. The molecule has 0 spiro atoms. The zero-order chi connectivity index (χ0) is 34.2. The monoisotopic (exact) mass is 756 g/mol. The first-order valence-corrected chi connectivity index (χ1v) is 24.5. The normalized spacial score (nSPS) is 10.5. The molecule has 0 saturated carbocycles. The minimum atomic E-state index is -0.826. The van der Waals surface area contributed by atoms with Crippen LogP contribution in [0.15, 0.2) is 133 Å². The van der Waals surface area contributed by atoms with Gasteiger partial charge in [-0.15, -0.1) is 69.1 Å². The van der Waals surface area contributed by atoms with E-state index < -0.39 is 20.8 Å². The molecular weight excluding hydrogens is 719 g/mol. The molecule has 0 aliphatic carbocycles. The summed E-state index contributed by atoms with van der Waals surface area (Å²) in [4.78, 5) is 0. The van der Waals surface area contributed by atoms with Crippen molar-refractivity contribution in [1.29, 1.82) is 0 Å². The number of fused-ring (bicyclic) bond motifs is 4. The molecule has 0 aliphatic rings. The zero-order valence-electron chi connectivity index (χ0n) is 28.5. The van der Waals surface area contributed by atoms with Crippen molar-refractivity contribution in [3.05, 3.63) is 156 Å². The fourth-order valence-corrected chi connectivity index (χ4v) is 6.61. The molecule has 8 aromatic rings. The molecule has 0 fully saturated rings. The maximum absolute atomic E-state index is 4.93. The molecule has 4 heteroatoms. The zero-order valence-corrected chi connectivity index (χ0v) is 33.4. The van der Waals surface area contributed by atoms with Crippen LogP contribution in [0.25, 0.3) is 65.3 Å². The predicted molar refractivity (Wildman–Crippen MR) is 213 cm³/mol. The third-order valence-electron chi connectivity index (χ3n) is 8.65. The van der Waals surface area contributed by atoms with Crippen LogP contribution < -0.4 is 0 Å². The molecule has 238 valence electrons. The van der Waals surface area contributed by atoms with Gasteiger partial charge in [-0.3, -0.25) is 0 Å². The van der Waals surface area contributed by atoms with E-state index in [0.717, 1.165) is 9.52 Å². The molecule has 2 radical (unpaired) electrons. The molecule has 0 unspecified atom stereocenters. The SMILES string of the molecule is C[Si]C.Cc1cc2c(-c3ccc(C)c4ccccc34)cccc2[cH-]1.Cc1cc2c(-c3ccc(C)c4ccccc34)cccc2[cH-]1.[Cl][Zr+2][Cl]. The minimum absolute atomic E-state index is 0.826. The van der Waals surface area contributed by atoms with Gasteiger partial charge < -0.3 is 0 Å². The number of halogens is 2. The summed E-state index contributed by atoms with van der Waals surface area (Å²) in [6, 6.07) is 48.6. The Kier molecular flexibility index (Phi) is 12.7. The van der Waals surface area contributed by atoms with Gasteiger partial charge in [0, 0.05) is 9.52 Å². The van der Waals surface area contributed by atoms with Crippen LogP contribution in [0.3, 0.4) is 0 Å². The van der Waals surface area contributed by atoms with Crippen LogP contribution >= 0.6 is 17.0 Å². The fraction of sp³-hybridized carbons (Fsp3) is 0.136. The number of hydrogen-bond donors (Lipinski definition) is 0. The van der Waals surface area contributed by atoms with E-state index in [0.29, 0.717) is 0 Å². The predicted octanol–water partition coefficient (Wildman–Crippen LogP) is 14.2. The van der Waals surface area contributed by atoms with Crippen LogP contribution in [-0.4, -0.2) is 9.52 Å². The van der Waals surface area contributed by atoms with Gasteiger partial charge in [0.15, 0.2) is 0 Å². The molecule has 0 saturated heterocycles. The van der Waals surface area contributed by atoms with Crippen molar-refractivity contribution in [2.24, 2.45) is 0 Å². The van der Waals surface area contributed by atoms with E-state index in [1.54, 1.807) is 0 Å². The van der Waals surface area contributed by atoms with Crippen molar-refractivity contribution in [1.82, 2.24) is 0 Å². The molecule has 0 nitrogen and oxygen atoms in total. The Hall–Kier alpha value is -3.26. The van der Waals surface area contributed by atoms with Gasteiger partial charge in [-0.05, 0) is 57.6 Å². The Morgan fingerprint density at radius 1 is 0.438 bits per heavy atom. The van der Waals surface area contributed by atoms with Gasteiger partial charge in [-0.25, -0.2) is 0 Å². The van der Waals surface area contributed by atoms with Crippen LogP contribution in [0.5, 0.6) is 0 Å². The van der Waals surface area contributed by atoms with Gasteiger partial charge in [-0.1, -0.05) is 123 Å². The third kappa shape index (κ3) is 7.96. The molecule has 48 heavy (non-hydrogen) atoms. The molecular formula is C44H40Cl2SiZr. The van der Waals surface area contributed by atoms with E-state index in [9.17, 15) is 0 Å². The van der Waals surface area contributed by atoms with E-state index in [4.69, 9.17) is 17.0 Å². The Morgan fingerprint density at radius 3 is 1.15 bits per heavy atom. The van der Waals surface area contributed by atoms with Gasteiger partial charge in [0.1, 0.15) is 0 Å². The van der Waals surface area contributed by atoms with Crippen LogP contribution in [0, 0.1) is 27.7 Å². The molecule has 0 bridgehead atoms. The Balaban J connectivity index is 0.000000162. The average molecular weight is 759 g/mol. The third-order valence-corrected chi connectivity index (χ3v) is 8.65. The standard InChI is InChI=1S/2C21H17.C2H6Si.2ClH.Zr/c2*1-14-12-16-6-5-9-19(21(16)13-14)20-11-10-15(2)17-7-3-4-8-18(17)20;1-3-2;;;/h2*3-13H,1-2H3;1-2H3;2*1H;/q2*-1;;;;+4/p-2. The van der Waals surface area contributed by atoms with Crippen LogP contribution in [0.2, 0.25) is 13.1 Å². The average Bonchev–Trinajstić information content (AvgIpc) is 3.67. The number of rotatable bonds is 2. The molecule has 0 aliphatic heterocycles. The van der Waals surface area contributed by atoms with Crippen molar-refractivity contribution < 1.29 is 20.8 Å². The Morgan fingerprint density at radius 2 is 0.771 bits per heavy atom. The summed E-state index contributed by atoms with van der Waals surface area (Å²) in [6.45, 7) is 13.0. The second kappa shape index (κ2) is 16.9. The molecule has 0 atom stereocenters. The molecule has 0 heterocycles. The van der Waals surface area contributed by atoms with E-state index in [1.807, 2.05) is 0 Å². The molecule has 0 N–H and O–H groups in total. The van der Waals surface area contributed by atoms with Crippen LogP contribution in [0.1, 0.15) is 22.3 Å². The van der Waals surface area contributed by atoms with E-state index in [2.05, 4.69) is 174 Å². The Labute approximate surface area is 306 Å². The van der Waals surface area contributed by atoms with Gasteiger partial charge in [0.05, 0.1) is 0 Å². The van der Waals surface area contributed by atoms with Crippen LogP contribution in [-0.2, 0) is 20.8 Å². The molecule has 8 aromatic carbocycles. The van der Waals surface area contributed by atoms with Crippen molar-refractivity contribution in [2.75, 3.05) is 0 Å². The summed E-state index contributed by atoms with van der Waals surface area (Å²) >= 11 is -0.826. The summed E-state index contributed by atoms with van der Waals surface area (Å²) in [7, 11) is 11.0. The first-order chi connectivity index (χ1) is 23.3. The summed E-state index contributed by atoms with van der Waals surface area (Å²) in [5.41, 5.74) is 10.6. The first kappa shape index (κ1) is 36.0. The topological polar surface area (TPSA) is 0 Å². The maximum atomic E-state index is 4.93. The Bertz CT molecular complexity index is 2130. The van der Waals surface area contributed by atoms with E-state index >= 15 is 0 Å². The number of aryl methyl sites for hydroxylation is 4. The van der Waals surface area contributed by atoms with Crippen molar-refractivity contribution in [3.63, 3.8) is 0 Å². The van der Waals surface area contributed by atoms with Gasteiger partial charge in [0.25, 0.3) is 0 Å².